The van der Waals surface area contributed by atoms with Gasteiger partial charge in [0, 0.05) is 12.2 Å². The van der Waals surface area contributed by atoms with Crippen LogP contribution >= 0.6 is 0 Å². The Morgan fingerprint density at radius 2 is 1.95 bits per heavy atom. The molecular weight excluding hydrogens is 276 g/mol. The number of aromatic hydroxyl groups is 1. The fraction of sp³-hybridized carbons (Fsp3) is 0.111. The zero-order chi connectivity index (χ0) is 15.9. The molecule has 2 rings (SSSR count). The number of nitrogens with zero attached hydrogens (tertiary/aromatic N) is 2. The molecule has 0 aliphatic heterocycles. The molecule has 110 valence electrons. The van der Waals surface area contributed by atoms with E-state index in [1.54, 1.807) is 12.1 Å². The molecule has 4 nitrogen and oxygen atoms in total. The monoisotopic (exact) mass is 292 g/mol. The third kappa shape index (κ3) is 3.53. The molecule has 1 amide bonds. The van der Waals surface area contributed by atoms with Gasteiger partial charge in [-0.15, -0.1) is 0 Å². The number of carbonyl (C=O) groups excluding carboxylic acids is 1. The fourth-order valence-electron chi connectivity index (χ4n) is 2.12. The van der Waals surface area contributed by atoms with Gasteiger partial charge in [0.05, 0.1) is 0 Å². The van der Waals surface area contributed by atoms with Crippen LogP contribution < -0.4 is 4.90 Å². The van der Waals surface area contributed by atoms with Crippen LogP contribution in [0, 0.1) is 11.3 Å². The number of phenolic OH excluding ortho intramolecular Hbond substituents is 1. The average molecular weight is 292 g/mol. The summed E-state index contributed by atoms with van der Waals surface area (Å²) in [6.07, 6.45) is 1.48. The summed E-state index contributed by atoms with van der Waals surface area (Å²) in [5, 5.41) is 18.8. The lowest BCUT2D eigenvalue weighted by molar-refractivity contribution is -0.114. The van der Waals surface area contributed by atoms with E-state index in [0.29, 0.717) is 12.1 Å². The standard InChI is InChI=1S/C18H16N2O2/c1-2-20(16-8-4-3-5-9-16)18(22)15(13-19)11-14-7-6-10-17(21)12-14/h3-12,21H,2H2,1H3/b15-11+. The molecule has 1 N–H and O–H groups in total. The number of amides is 1. The zero-order valence-corrected chi connectivity index (χ0v) is 12.2. The van der Waals surface area contributed by atoms with Crippen molar-refractivity contribution in [2.45, 2.75) is 6.92 Å². The third-order valence-electron chi connectivity index (χ3n) is 3.16. The van der Waals surface area contributed by atoms with Gasteiger partial charge >= 0.3 is 0 Å². The maximum absolute atomic E-state index is 12.6. The van der Waals surface area contributed by atoms with Crippen molar-refractivity contribution in [3.05, 3.63) is 65.7 Å². The quantitative estimate of drug-likeness (QED) is 0.694. The number of hydrogen-bond acceptors (Lipinski definition) is 3. The minimum Gasteiger partial charge on any atom is -0.508 e. The highest BCUT2D eigenvalue weighted by atomic mass is 16.3. The van der Waals surface area contributed by atoms with E-state index in [-0.39, 0.29) is 17.2 Å². The van der Waals surface area contributed by atoms with Gasteiger partial charge < -0.3 is 10.0 Å². The summed E-state index contributed by atoms with van der Waals surface area (Å²) in [6.45, 7) is 2.32. The van der Waals surface area contributed by atoms with Gasteiger partial charge in [-0.1, -0.05) is 30.3 Å². The van der Waals surface area contributed by atoms with Crippen molar-refractivity contribution in [1.82, 2.24) is 0 Å². The second kappa shape index (κ2) is 7.09. The molecule has 0 unspecified atom stereocenters. The first-order valence-corrected chi connectivity index (χ1v) is 6.93. The largest absolute Gasteiger partial charge is 0.508 e. The van der Waals surface area contributed by atoms with E-state index < -0.39 is 0 Å². The Balaban J connectivity index is 2.34. The molecule has 0 saturated heterocycles. The number of carbonyl (C=O) groups is 1. The second-order valence-corrected chi connectivity index (χ2v) is 4.65. The summed E-state index contributed by atoms with van der Waals surface area (Å²) >= 11 is 0. The topological polar surface area (TPSA) is 64.3 Å². The highest BCUT2D eigenvalue weighted by Crippen LogP contribution is 2.18. The lowest BCUT2D eigenvalue weighted by atomic mass is 10.1. The first-order chi connectivity index (χ1) is 10.7. The molecule has 0 aliphatic rings. The van der Waals surface area contributed by atoms with E-state index in [9.17, 15) is 15.2 Å². The number of hydrogen-bond donors (Lipinski definition) is 1. The zero-order valence-electron chi connectivity index (χ0n) is 12.2. The Morgan fingerprint density at radius 3 is 2.55 bits per heavy atom. The summed E-state index contributed by atoms with van der Waals surface area (Å²) in [5.74, 6) is -0.270. The summed E-state index contributed by atoms with van der Waals surface area (Å²) in [7, 11) is 0. The van der Waals surface area contributed by atoms with Crippen molar-refractivity contribution in [3.63, 3.8) is 0 Å². The highest BCUT2D eigenvalue weighted by molar-refractivity contribution is 6.11. The third-order valence-corrected chi connectivity index (χ3v) is 3.16. The Hall–Kier alpha value is -3.06. The molecule has 0 fully saturated rings. The van der Waals surface area contributed by atoms with Gasteiger partial charge in [-0.25, -0.2) is 0 Å². The molecule has 0 aliphatic carbocycles. The van der Waals surface area contributed by atoms with E-state index in [4.69, 9.17) is 0 Å². The smallest absolute Gasteiger partial charge is 0.268 e. The molecule has 0 aromatic heterocycles. The number of para-hydroxylation sites is 1. The Kier molecular flexibility index (Phi) is 4.94. The van der Waals surface area contributed by atoms with E-state index in [1.165, 1.54) is 23.1 Å². The van der Waals surface area contributed by atoms with E-state index in [0.717, 1.165) is 5.69 Å². The van der Waals surface area contributed by atoms with Crippen molar-refractivity contribution in [2.75, 3.05) is 11.4 Å². The summed E-state index contributed by atoms with van der Waals surface area (Å²) < 4.78 is 0. The van der Waals surface area contributed by atoms with Gasteiger partial charge in [-0.2, -0.15) is 5.26 Å². The molecule has 4 heteroatoms. The molecule has 0 heterocycles. The normalized spacial score (nSPS) is 10.8. The van der Waals surface area contributed by atoms with Crippen LogP contribution in [0.15, 0.2) is 60.2 Å². The molecule has 0 radical (unpaired) electrons. The van der Waals surface area contributed by atoms with Gasteiger partial charge in [-0.3, -0.25) is 4.79 Å². The molecule has 0 saturated carbocycles. The van der Waals surface area contributed by atoms with Crippen molar-refractivity contribution in [3.8, 4) is 11.8 Å². The van der Waals surface area contributed by atoms with Gasteiger partial charge in [0.1, 0.15) is 17.4 Å². The molecule has 2 aromatic rings. The number of anilines is 1. The van der Waals surface area contributed by atoms with Crippen LogP contribution in [-0.4, -0.2) is 17.6 Å². The van der Waals surface area contributed by atoms with E-state index in [1.807, 2.05) is 43.3 Å². The van der Waals surface area contributed by atoms with Crippen LogP contribution in [0.2, 0.25) is 0 Å². The van der Waals surface area contributed by atoms with Gasteiger partial charge in [0.15, 0.2) is 0 Å². The van der Waals surface area contributed by atoms with Crippen molar-refractivity contribution >= 4 is 17.7 Å². The SMILES string of the molecule is CCN(C(=O)/C(C#N)=C/c1cccc(O)c1)c1ccccc1. The molecule has 0 atom stereocenters. The summed E-state index contributed by atoms with van der Waals surface area (Å²) in [6, 6.07) is 17.6. The second-order valence-electron chi connectivity index (χ2n) is 4.65. The van der Waals surface area contributed by atoms with E-state index in [2.05, 4.69) is 0 Å². The van der Waals surface area contributed by atoms with Crippen LogP contribution in [0.5, 0.6) is 5.75 Å². The van der Waals surface area contributed by atoms with Crippen LogP contribution in [0.1, 0.15) is 12.5 Å². The van der Waals surface area contributed by atoms with Gasteiger partial charge in [0.25, 0.3) is 5.91 Å². The van der Waals surface area contributed by atoms with Gasteiger partial charge in [-0.05, 0) is 42.8 Å². The van der Waals surface area contributed by atoms with Crippen molar-refractivity contribution < 1.29 is 9.90 Å². The lowest BCUT2D eigenvalue weighted by Crippen LogP contribution is -2.31. The predicted octanol–water partition coefficient (Wildman–Crippen LogP) is 3.35. The minimum atomic E-state index is -0.362. The molecule has 0 bridgehead atoms. The number of nitriles is 1. The van der Waals surface area contributed by atoms with Crippen molar-refractivity contribution in [2.24, 2.45) is 0 Å². The number of likely N-dealkylation sites (N-methyl/N-ethyl adjacent to an activating group) is 1. The molecule has 2 aromatic carbocycles. The highest BCUT2D eigenvalue weighted by Gasteiger charge is 2.18. The van der Waals surface area contributed by atoms with Crippen molar-refractivity contribution in [1.29, 1.82) is 5.26 Å². The predicted molar refractivity (Wildman–Crippen MR) is 86.2 cm³/mol. The minimum absolute atomic E-state index is 0.0244. The fourth-order valence-corrected chi connectivity index (χ4v) is 2.12. The van der Waals surface area contributed by atoms with Crippen LogP contribution in [-0.2, 0) is 4.79 Å². The Morgan fingerprint density at radius 1 is 1.23 bits per heavy atom. The number of phenols is 1. The van der Waals surface area contributed by atoms with E-state index >= 15 is 0 Å². The summed E-state index contributed by atoms with van der Waals surface area (Å²) in [5.41, 5.74) is 1.37. The number of benzene rings is 2. The number of rotatable bonds is 4. The average Bonchev–Trinajstić information content (AvgIpc) is 2.54. The van der Waals surface area contributed by atoms with Gasteiger partial charge in [0.2, 0.25) is 0 Å². The Bertz CT molecular complexity index is 730. The maximum atomic E-state index is 12.6. The maximum Gasteiger partial charge on any atom is 0.268 e. The first kappa shape index (κ1) is 15.3. The van der Waals surface area contributed by atoms with Crippen LogP contribution in [0.3, 0.4) is 0 Å². The first-order valence-electron chi connectivity index (χ1n) is 6.93. The molecule has 0 spiro atoms. The molecule has 22 heavy (non-hydrogen) atoms. The summed E-state index contributed by atoms with van der Waals surface area (Å²) in [4.78, 5) is 14.1. The lowest BCUT2D eigenvalue weighted by Gasteiger charge is -2.20. The van der Waals surface area contributed by atoms with Crippen LogP contribution in [0.25, 0.3) is 6.08 Å². The molecular formula is C18H16N2O2. The Labute approximate surface area is 129 Å². The van der Waals surface area contributed by atoms with Crippen LogP contribution in [0.4, 0.5) is 5.69 Å².